The highest BCUT2D eigenvalue weighted by Crippen LogP contribution is 2.00. The number of nitrogen functional groups attached to an aromatic ring is 1. The first-order valence-electron chi connectivity index (χ1n) is 4.36. The second-order valence-corrected chi connectivity index (χ2v) is 2.88. The number of carbonyl (C=O) groups excluding carboxylic acids is 2. The summed E-state index contributed by atoms with van der Waals surface area (Å²) in [6, 6.07) is 1.52. The number of carbonyl (C=O) groups is 2. The van der Waals surface area contributed by atoms with E-state index in [9.17, 15) is 9.59 Å². The molecule has 0 atom stereocenters. The van der Waals surface area contributed by atoms with Crippen molar-refractivity contribution in [1.82, 2.24) is 10.4 Å². The summed E-state index contributed by atoms with van der Waals surface area (Å²) in [6.07, 6.45) is 2.80. The summed E-state index contributed by atoms with van der Waals surface area (Å²) in [7, 11) is 0. The minimum atomic E-state index is -0.503. The lowest BCUT2D eigenvalue weighted by Gasteiger charge is -1.98. The predicted octanol–water partition coefficient (Wildman–Crippen LogP) is -1.09. The Labute approximate surface area is 92.0 Å². The minimum Gasteiger partial charge on any atom is -0.369 e. The Morgan fingerprint density at radius 3 is 2.81 bits per heavy atom. The van der Waals surface area contributed by atoms with Crippen molar-refractivity contribution in [2.45, 2.75) is 6.42 Å². The maximum absolute atomic E-state index is 11.1. The van der Waals surface area contributed by atoms with E-state index in [1.165, 1.54) is 18.5 Å². The fraction of sp³-hybridized carbons (Fsp3) is 0.100. The molecule has 0 aliphatic rings. The molecule has 0 saturated carbocycles. The molecule has 1 aromatic heterocycles. The van der Waals surface area contributed by atoms with E-state index in [2.05, 4.69) is 16.8 Å². The maximum Gasteiger partial charge on any atom is 0.266 e. The van der Waals surface area contributed by atoms with Crippen LogP contribution in [0.5, 0.6) is 0 Å². The molecule has 1 heterocycles. The molecule has 1 rings (SSSR count). The summed E-state index contributed by atoms with van der Waals surface area (Å²) in [6.45, 7) is 0. The van der Waals surface area contributed by atoms with E-state index >= 15 is 0 Å². The second kappa shape index (κ2) is 5.48. The van der Waals surface area contributed by atoms with Gasteiger partial charge in [0.2, 0.25) is 5.91 Å². The molecule has 6 heteroatoms. The van der Waals surface area contributed by atoms with Crippen LogP contribution in [-0.4, -0.2) is 16.8 Å². The lowest BCUT2D eigenvalue weighted by molar-refractivity contribution is -0.117. The lowest BCUT2D eigenvalue weighted by atomic mass is 10.2. The first kappa shape index (κ1) is 11.7. The fourth-order valence-electron chi connectivity index (χ4n) is 0.949. The van der Waals surface area contributed by atoms with Crippen molar-refractivity contribution >= 4 is 11.8 Å². The average molecular weight is 218 g/mol. The fourth-order valence-corrected chi connectivity index (χ4v) is 0.949. The Bertz CT molecular complexity index is 473. The second-order valence-electron chi connectivity index (χ2n) is 2.88. The van der Waals surface area contributed by atoms with Crippen LogP contribution in [0, 0.1) is 11.8 Å². The van der Waals surface area contributed by atoms with Crippen LogP contribution in [-0.2, 0) is 4.79 Å². The van der Waals surface area contributed by atoms with Gasteiger partial charge in [-0.1, -0.05) is 11.8 Å². The maximum atomic E-state index is 11.1. The van der Waals surface area contributed by atoms with Gasteiger partial charge in [0, 0.05) is 18.0 Å². The summed E-state index contributed by atoms with van der Waals surface area (Å²) in [4.78, 5) is 25.4. The molecule has 0 unspecified atom stereocenters. The van der Waals surface area contributed by atoms with Gasteiger partial charge in [0.05, 0.1) is 12.0 Å². The molecule has 82 valence electrons. The number of aromatic nitrogens is 1. The number of hydrogen-bond acceptors (Lipinski definition) is 4. The number of primary amides is 1. The van der Waals surface area contributed by atoms with E-state index in [1.54, 1.807) is 0 Å². The van der Waals surface area contributed by atoms with Crippen molar-refractivity contribution in [3.63, 3.8) is 0 Å². The summed E-state index contributed by atoms with van der Waals surface area (Å²) >= 11 is 0. The Kier molecular flexibility index (Phi) is 4.00. The number of nitrogens with zero attached hydrogens (tertiary/aromatic N) is 1. The van der Waals surface area contributed by atoms with Gasteiger partial charge in [0.1, 0.15) is 0 Å². The van der Waals surface area contributed by atoms with Crippen molar-refractivity contribution in [2.75, 3.05) is 0 Å². The number of hydrogen-bond donors (Lipinski definition) is 3. The van der Waals surface area contributed by atoms with Gasteiger partial charge in [-0.15, -0.1) is 0 Å². The van der Waals surface area contributed by atoms with Crippen LogP contribution < -0.4 is 17.0 Å². The summed E-state index contributed by atoms with van der Waals surface area (Å²) < 4.78 is 0. The third-order valence-electron chi connectivity index (χ3n) is 1.63. The van der Waals surface area contributed by atoms with Gasteiger partial charge < -0.3 is 5.73 Å². The molecule has 16 heavy (non-hydrogen) atoms. The Morgan fingerprint density at radius 2 is 2.19 bits per heavy atom. The van der Waals surface area contributed by atoms with Gasteiger partial charge >= 0.3 is 0 Å². The number of rotatable bonds is 2. The van der Waals surface area contributed by atoms with E-state index in [0.717, 1.165) is 0 Å². The molecular weight excluding hydrogens is 208 g/mol. The van der Waals surface area contributed by atoms with Crippen molar-refractivity contribution in [2.24, 2.45) is 11.6 Å². The molecule has 0 radical (unpaired) electrons. The third-order valence-corrected chi connectivity index (χ3v) is 1.63. The van der Waals surface area contributed by atoms with E-state index in [1.807, 2.05) is 5.43 Å². The third kappa shape index (κ3) is 3.40. The average Bonchev–Trinajstić information content (AvgIpc) is 2.28. The van der Waals surface area contributed by atoms with Crippen molar-refractivity contribution in [1.29, 1.82) is 0 Å². The first-order valence-corrected chi connectivity index (χ1v) is 4.36. The summed E-state index contributed by atoms with van der Waals surface area (Å²) in [5.74, 6) is 9.23. The Balaban J connectivity index is 2.85. The van der Waals surface area contributed by atoms with E-state index in [-0.39, 0.29) is 6.42 Å². The number of hydrazine groups is 1. The summed E-state index contributed by atoms with van der Waals surface area (Å²) in [5, 5.41) is 0. The molecule has 0 saturated heterocycles. The zero-order valence-corrected chi connectivity index (χ0v) is 8.36. The minimum absolute atomic E-state index is 0.0344. The Morgan fingerprint density at radius 1 is 1.44 bits per heavy atom. The molecule has 5 N–H and O–H groups in total. The van der Waals surface area contributed by atoms with Gasteiger partial charge in [-0.3, -0.25) is 20.0 Å². The zero-order chi connectivity index (χ0) is 12.0. The molecular formula is C10H10N4O2. The van der Waals surface area contributed by atoms with Crippen LogP contribution in [0.4, 0.5) is 0 Å². The van der Waals surface area contributed by atoms with Crippen molar-refractivity contribution in [3.05, 3.63) is 29.6 Å². The van der Waals surface area contributed by atoms with E-state index in [0.29, 0.717) is 11.1 Å². The number of nitrogens with two attached hydrogens (primary N) is 2. The van der Waals surface area contributed by atoms with E-state index in [4.69, 9.17) is 11.6 Å². The number of pyridine rings is 1. The van der Waals surface area contributed by atoms with Crippen LogP contribution in [0.2, 0.25) is 0 Å². The summed E-state index contributed by atoms with van der Waals surface area (Å²) in [5.41, 5.74) is 7.72. The highest BCUT2D eigenvalue weighted by Gasteiger charge is 2.03. The lowest BCUT2D eigenvalue weighted by Crippen LogP contribution is -2.30. The van der Waals surface area contributed by atoms with Crippen LogP contribution in [0.15, 0.2) is 18.5 Å². The zero-order valence-electron chi connectivity index (χ0n) is 8.36. The molecule has 1 aromatic rings. The van der Waals surface area contributed by atoms with E-state index < -0.39 is 11.8 Å². The molecule has 0 aromatic carbocycles. The van der Waals surface area contributed by atoms with Gasteiger partial charge in [-0.05, 0) is 6.07 Å². The number of amides is 2. The molecule has 0 bridgehead atoms. The smallest absolute Gasteiger partial charge is 0.266 e. The Hall–Kier alpha value is -2.39. The molecule has 2 amide bonds. The molecule has 6 nitrogen and oxygen atoms in total. The number of nitrogens with one attached hydrogen (secondary N) is 1. The van der Waals surface area contributed by atoms with Crippen LogP contribution >= 0.6 is 0 Å². The van der Waals surface area contributed by atoms with Crippen LogP contribution in [0.25, 0.3) is 0 Å². The predicted molar refractivity (Wildman–Crippen MR) is 56.6 cm³/mol. The van der Waals surface area contributed by atoms with Crippen molar-refractivity contribution in [3.8, 4) is 11.8 Å². The quantitative estimate of drug-likeness (QED) is 0.253. The highest BCUT2D eigenvalue weighted by atomic mass is 16.2. The highest BCUT2D eigenvalue weighted by molar-refractivity contribution is 5.93. The standard InChI is InChI=1S/C10H10N4O2/c11-9(15)3-1-2-7-4-8(6-13-5-7)10(16)14-12/h4-6H,3,12H2,(H2,11,15)(H,14,16). The van der Waals surface area contributed by atoms with Crippen molar-refractivity contribution < 1.29 is 9.59 Å². The van der Waals surface area contributed by atoms with Crippen LogP contribution in [0.3, 0.4) is 0 Å². The molecule has 0 aliphatic carbocycles. The topological polar surface area (TPSA) is 111 Å². The molecule has 0 fully saturated rings. The molecule has 0 aliphatic heterocycles. The van der Waals surface area contributed by atoms with Gasteiger partial charge in [-0.25, -0.2) is 5.84 Å². The largest absolute Gasteiger partial charge is 0.369 e. The van der Waals surface area contributed by atoms with Gasteiger partial charge in [-0.2, -0.15) is 0 Å². The van der Waals surface area contributed by atoms with Gasteiger partial charge in [0.25, 0.3) is 5.91 Å². The monoisotopic (exact) mass is 218 g/mol. The molecule has 0 spiro atoms. The van der Waals surface area contributed by atoms with Gasteiger partial charge in [0.15, 0.2) is 0 Å². The normalized spacial score (nSPS) is 8.81. The van der Waals surface area contributed by atoms with Crippen LogP contribution in [0.1, 0.15) is 22.3 Å². The first-order chi connectivity index (χ1) is 7.63. The SMILES string of the molecule is NNC(=O)c1cncc(C#CCC(N)=O)c1.